The third-order valence-electron chi connectivity index (χ3n) is 4.88. The van der Waals surface area contributed by atoms with E-state index >= 15 is 0 Å². The molecule has 0 atom stereocenters. The molecule has 0 unspecified atom stereocenters. The third-order valence-corrected chi connectivity index (χ3v) is 5.25. The molecule has 2 aromatic heterocycles. The second-order valence-corrected chi connectivity index (χ2v) is 7.48. The highest BCUT2D eigenvalue weighted by atomic mass is 35.5. The summed E-state index contributed by atoms with van der Waals surface area (Å²) in [7, 11) is 0. The monoisotopic (exact) mass is 420 g/mol. The molecule has 0 radical (unpaired) electrons. The Labute approximate surface area is 179 Å². The van der Waals surface area contributed by atoms with Gasteiger partial charge in [0.1, 0.15) is 5.82 Å². The summed E-state index contributed by atoms with van der Waals surface area (Å²) in [6.07, 6.45) is 0. The number of carbonyl (C=O) groups excluding carboxylic acids is 1. The number of aromatic amines is 1. The van der Waals surface area contributed by atoms with Gasteiger partial charge >= 0.3 is 0 Å². The number of hydrogen-bond donors (Lipinski definition) is 2. The smallest absolute Gasteiger partial charge is 0.259 e. The Morgan fingerprint density at radius 2 is 1.83 bits per heavy atom. The molecule has 30 heavy (non-hydrogen) atoms. The number of nitrogens with zero attached hydrogens (tertiary/aromatic N) is 4. The van der Waals surface area contributed by atoms with Crippen molar-refractivity contribution in [1.29, 1.82) is 0 Å². The van der Waals surface area contributed by atoms with E-state index in [1.807, 2.05) is 69.3 Å². The van der Waals surface area contributed by atoms with Crippen LogP contribution >= 0.6 is 11.6 Å². The van der Waals surface area contributed by atoms with Crippen LogP contribution in [0.3, 0.4) is 0 Å². The van der Waals surface area contributed by atoms with Gasteiger partial charge in [0, 0.05) is 22.0 Å². The van der Waals surface area contributed by atoms with Crippen molar-refractivity contribution in [1.82, 2.24) is 25.0 Å². The number of halogens is 1. The van der Waals surface area contributed by atoms with E-state index in [1.54, 1.807) is 4.68 Å². The minimum absolute atomic E-state index is 0.197. The number of H-pyrrole nitrogens is 1. The van der Waals surface area contributed by atoms with Crippen molar-refractivity contribution in [3.8, 4) is 11.4 Å². The van der Waals surface area contributed by atoms with Gasteiger partial charge in [0.15, 0.2) is 5.82 Å². The first kappa shape index (κ1) is 19.8. The van der Waals surface area contributed by atoms with E-state index < -0.39 is 0 Å². The molecular formula is C22H21ClN6O. The number of aryl methyl sites for hydroxylation is 2. The number of nitrogens with one attached hydrogen (secondary N) is 2. The van der Waals surface area contributed by atoms with Gasteiger partial charge in [0.05, 0.1) is 17.8 Å². The summed E-state index contributed by atoms with van der Waals surface area (Å²) >= 11 is 6.27. The number of rotatable bonds is 5. The van der Waals surface area contributed by atoms with Gasteiger partial charge < -0.3 is 5.32 Å². The van der Waals surface area contributed by atoms with Crippen molar-refractivity contribution >= 4 is 23.2 Å². The zero-order valence-electron chi connectivity index (χ0n) is 16.9. The summed E-state index contributed by atoms with van der Waals surface area (Å²) in [4.78, 5) is 17.2. The van der Waals surface area contributed by atoms with Crippen LogP contribution in [0.2, 0.25) is 5.02 Å². The molecule has 2 aromatic carbocycles. The number of aromatic nitrogens is 5. The van der Waals surface area contributed by atoms with Crippen LogP contribution in [0.1, 0.15) is 33.1 Å². The molecule has 1 amide bonds. The summed E-state index contributed by atoms with van der Waals surface area (Å²) in [5.41, 5.74) is 4.54. The number of benzene rings is 2. The molecule has 0 aliphatic rings. The Balaban J connectivity index is 1.52. The standard InChI is InChI=1S/C22H21ClN6O/c1-13-20(14(2)29(28-13)12-17-6-4-5-7-19(17)23)22(30)25-18-10-8-16(9-11-18)21-24-15(3)26-27-21/h4-11H,12H2,1-3H3,(H,25,30)(H,24,26,27). The molecule has 0 saturated carbocycles. The Hall–Kier alpha value is -3.45. The van der Waals surface area contributed by atoms with E-state index in [0.29, 0.717) is 34.3 Å². The van der Waals surface area contributed by atoms with Crippen LogP contribution in [0.5, 0.6) is 0 Å². The van der Waals surface area contributed by atoms with Crippen molar-refractivity contribution in [3.05, 3.63) is 81.9 Å². The van der Waals surface area contributed by atoms with Gasteiger partial charge in [-0.2, -0.15) is 10.2 Å². The van der Waals surface area contributed by atoms with Crippen LogP contribution in [0.4, 0.5) is 5.69 Å². The van der Waals surface area contributed by atoms with Crippen LogP contribution in [-0.2, 0) is 6.54 Å². The van der Waals surface area contributed by atoms with Crippen molar-refractivity contribution in [2.75, 3.05) is 5.32 Å². The lowest BCUT2D eigenvalue weighted by Gasteiger charge is -2.08. The van der Waals surface area contributed by atoms with Crippen molar-refractivity contribution < 1.29 is 4.79 Å². The van der Waals surface area contributed by atoms with Gasteiger partial charge in [-0.3, -0.25) is 14.6 Å². The maximum Gasteiger partial charge on any atom is 0.259 e. The minimum Gasteiger partial charge on any atom is -0.322 e. The normalized spacial score (nSPS) is 10.9. The Bertz CT molecular complexity index is 1210. The van der Waals surface area contributed by atoms with Crippen molar-refractivity contribution in [2.45, 2.75) is 27.3 Å². The zero-order chi connectivity index (χ0) is 21.3. The Kier molecular flexibility index (Phi) is 5.37. The van der Waals surface area contributed by atoms with Gasteiger partial charge in [0.25, 0.3) is 5.91 Å². The summed E-state index contributed by atoms with van der Waals surface area (Å²) in [6.45, 7) is 6.08. The molecule has 152 valence electrons. The fraction of sp³-hybridized carbons (Fsp3) is 0.182. The topological polar surface area (TPSA) is 88.5 Å². The van der Waals surface area contributed by atoms with E-state index in [0.717, 1.165) is 22.6 Å². The van der Waals surface area contributed by atoms with Crippen LogP contribution < -0.4 is 5.32 Å². The summed E-state index contributed by atoms with van der Waals surface area (Å²) in [6, 6.07) is 15.0. The largest absolute Gasteiger partial charge is 0.322 e. The van der Waals surface area contributed by atoms with Gasteiger partial charge in [0.2, 0.25) is 0 Å². The number of amides is 1. The molecule has 0 aliphatic carbocycles. The number of anilines is 1. The van der Waals surface area contributed by atoms with E-state index in [9.17, 15) is 4.79 Å². The molecule has 0 bridgehead atoms. The van der Waals surface area contributed by atoms with Gasteiger partial charge in [-0.05, 0) is 56.7 Å². The fourth-order valence-corrected chi connectivity index (χ4v) is 3.53. The molecule has 0 spiro atoms. The summed E-state index contributed by atoms with van der Waals surface area (Å²) in [5.74, 6) is 1.18. The van der Waals surface area contributed by atoms with Crippen molar-refractivity contribution in [2.24, 2.45) is 0 Å². The predicted molar refractivity (Wildman–Crippen MR) is 117 cm³/mol. The fourth-order valence-electron chi connectivity index (χ4n) is 3.34. The van der Waals surface area contributed by atoms with Crippen molar-refractivity contribution in [3.63, 3.8) is 0 Å². The van der Waals surface area contributed by atoms with E-state index in [2.05, 4.69) is 25.6 Å². The molecule has 0 fully saturated rings. The minimum atomic E-state index is -0.197. The highest BCUT2D eigenvalue weighted by Gasteiger charge is 2.19. The SMILES string of the molecule is Cc1nc(-c2ccc(NC(=O)c3c(C)nn(Cc4ccccc4Cl)c3C)cc2)n[nH]1. The molecule has 8 heteroatoms. The molecule has 2 N–H and O–H groups in total. The molecule has 4 aromatic rings. The summed E-state index contributed by atoms with van der Waals surface area (Å²) < 4.78 is 1.81. The molecule has 7 nitrogen and oxygen atoms in total. The number of carbonyl (C=O) groups is 1. The third kappa shape index (κ3) is 3.97. The Morgan fingerprint density at radius 1 is 1.10 bits per heavy atom. The molecule has 2 heterocycles. The molecule has 4 rings (SSSR count). The maximum absolute atomic E-state index is 12.9. The quantitative estimate of drug-likeness (QED) is 0.495. The average molecular weight is 421 g/mol. The van der Waals surface area contributed by atoms with E-state index in [4.69, 9.17) is 11.6 Å². The predicted octanol–water partition coefficient (Wildman–Crippen LogP) is 4.55. The first-order valence-electron chi connectivity index (χ1n) is 9.50. The first-order chi connectivity index (χ1) is 14.4. The van der Waals surface area contributed by atoms with Gasteiger partial charge in [-0.25, -0.2) is 4.98 Å². The highest BCUT2D eigenvalue weighted by molar-refractivity contribution is 6.31. The second-order valence-electron chi connectivity index (χ2n) is 7.07. The highest BCUT2D eigenvalue weighted by Crippen LogP contribution is 2.22. The van der Waals surface area contributed by atoms with Crippen LogP contribution in [-0.4, -0.2) is 30.9 Å². The molecule has 0 saturated heterocycles. The first-order valence-corrected chi connectivity index (χ1v) is 9.88. The van der Waals surface area contributed by atoms with E-state index in [-0.39, 0.29) is 5.91 Å². The van der Waals surface area contributed by atoms with Crippen LogP contribution in [0.15, 0.2) is 48.5 Å². The average Bonchev–Trinajstić information content (AvgIpc) is 3.27. The summed E-state index contributed by atoms with van der Waals surface area (Å²) in [5, 5.41) is 15.1. The van der Waals surface area contributed by atoms with Crippen LogP contribution in [0, 0.1) is 20.8 Å². The lowest BCUT2D eigenvalue weighted by Crippen LogP contribution is -2.14. The van der Waals surface area contributed by atoms with Gasteiger partial charge in [-0.15, -0.1) is 0 Å². The maximum atomic E-state index is 12.9. The lowest BCUT2D eigenvalue weighted by atomic mass is 10.1. The molecule has 0 aliphatic heterocycles. The van der Waals surface area contributed by atoms with Crippen LogP contribution in [0.25, 0.3) is 11.4 Å². The van der Waals surface area contributed by atoms with Gasteiger partial charge in [-0.1, -0.05) is 29.8 Å². The second kappa shape index (κ2) is 8.12. The Morgan fingerprint density at radius 3 is 2.50 bits per heavy atom. The lowest BCUT2D eigenvalue weighted by molar-refractivity contribution is 0.102. The molecular weight excluding hydrogens is 400 g/mol. The zero-order valence-corrected chi connectivity index (χ0v) is 17.7. The van der Waals surface area contributed by atoms with E-state index in [1.165, 1.54) is 0 Å². The number of hydrogen-bond acceptors (Lipinski definition) is 4.